The molecule has 0 fully saturated rings. The minimum Gasteiger partial charge on any atom is -0.463 e. The van der Waals surface area contributed by atoms with Crippen LogP contribution in [0.25, 0.3) is 0 Å². The number of ether oxygens (including phenoxy) is 1. The average Bonchev–Trinajstić information content (AvgIpc) is 2.18. The Morgan fingerprint density at radius 1 is 1.54 bits per heavy atom. The molecule has 0 atom stereocenters. The Morgan fingerprint density at radius 2 is 2.31 bits per heavy atom. The minimum atomic E-state index is -0.147. The van der Waals surface area contributed by atoms with Gasteiger partial charge < -0.3 is 10.1 Å². The van der Waals surface area contributed by atoms with E-state index in [4.69, 9.17) is 4.74 Å². The quantitative estimate of drug-likeness (QED) is 0.669. The molecule has 0 saturated heterocycles. The van der Waals surface area contributed by atoms with E-state index in [2.05, 4.69) is 12.2 Å². The molecule has 13 heavy (non-hydrogen) atoms. The Hall–Kier alpha value is -0.830. The zero-order valence-electron chi connectivity index (χ0n) is 8.35. The molecule has 0 unspecified atom stereocenters. The molecule has 0 saturated carbocycles. The third-order valence-corrected chi connectivity index (χ3v) is 2.28. The Labute approximate surface area is 79.2 Å². The van der Waals surface area contributed by atoms with Crippen LogP contribution >= 0.6 is 0 Å². The SMILES string of the molecule is CCOC(=O)C1=C(CC)CCNC1. The highest BCUT2D eigenvalue weighted by molar-refractivity contribution is 5.90. The van der Waals surface area contributed by atoms with Gasteiger partial charge >= 0.3 is 5.97 Å². The van der Waals surface area contributed by atoms with E-state index < -0.39 is 0 Å². The van der Waals surface area contributed by atoms with Gasteiger partial charge in [-0.2, -0.15) is 0 Å². The Morgan fingerprint density at radius 3 is 2.92 bits per heavy atom. The molecular formula is C10H17NO2. The first kappa shape index (κ1) is 10.3. The van der Waals surface area contributed by atoms with Crippen molar-refractivity contribution in [3.8, 4) is 0 Å². The van der Waals surface area contributed by atoms with E-state index in [0.29, 0.717) is 13.2 Å². The summed E-state index contributed by atoms with van der Waals surface area (Å²) in [5, 5.41) is 3.18. The lowest BCUT2D eigenvalue weighted by Gasteiger charge is -2.19. The summed E-state index contributed by atoms with van der Waals surface area (Å²) in [6.07, 6.45) is 1.93. The molecule has 1 aliphatic heterocycles. The van der Waals surface area contributed by atoms with Gasteiger partial charge in [0.25, 0.3) is 0 Å². The highest BCUT2D eigenvalue weighted by atomic mass is 16.5. The number of carbonyl (C=O) groups excluding carboxylic acids is 1. The molecule has 1 aliphatic rings. The van der Waals surface area contributed by atoms with Crippen molar-refractivity contribution in [3.63, 3.8) is 0 Å². The van der Waals surface area contributed by atoms with Crippen LogP contribution in [-0.2, 0) is 9.53 Å². The van der Waals surface area contributed by atoms with Crippen LogP contribution < -0.4 is 5.32 Å². The van der Waals surface area contributed by atoms with E-state index in [0.717, 1.165) is 25.0 Å². The first-order valence-corrected chi connectivity index (χ1v) is 4.88. The third-order valence-electron chi connectivity index (χ3n) is 2.28. The highest BCUT2D eigenvalue weighted by Crippen LogP contribution is 2.16. The number of hydrogen-bond donors (Lipinski definition) is 1. The van der Waals surface area contributed by atoms with Crippen LogP contribution in [-0.4, -0.2) is 25.7 Å². The van der Waals surface area contributed by atoms with Crippen LogP contribution in [0.3, 0.4) is 0 Å². The molecular weight excluding hydrogens is 166 g/mol. The van der Waals surface area contributed by atoms with Gasteiger partial charge in [-0.25, -0.2) is 4.79 Å². The second-order valence-corrected chi connectivity index (χ2v) is 3.08. The van der Waals surface area contributed by atoms with Crippen molar-refractivity contribution >= 4 is 5.97 Å². The molecule has 0 aromatic heterocycles. The van der Waals surface area contributed by atoms with Gasteiger partial charge in [0.05, 0.1) is 12.2 Å². The van der Waals surface area contributed by atoms with Gasteiger partial charge in [0.2, 0.25) is 0 Å². The molecule has 3 nitrogen and oxygen atoms in total. The zero-order valence-corrected chi connectivity index (χ0v) is 8.35. The van der Waals surface area contributed by atoms with Crippen molar-refractivity contribution < 1.29 is 9.53 Å². The van der Waals surface area contributed by atoms with Gasteiger partial charge in [0.15, 0.2) is 0 Å². The number of hydrogen-bond acceptors (Lipinski definition) is 3. The summed E-state index contributed by atoms with van der Waals surface area (Å²) in [6, 6.07) is 0. The van der Waals surface area contributed by atoms with Gasteiger partial charge in [-0.15, -0.1) is 0 Å². The molecule has 1 N–H and O–H groups in total. The largest absolute Gasteiger partial charge is 0.463 e. The molecule has 1 rings (SSSR count). The predicted molar refractivity (Wildman–Crippen MR) is 51.4 cm³/mol. The number of rotatable bonds is 3. The molecule has 0 radical (unpaired) electrons. The van der Waals surface area contributed by atoms with E-state index in [9.17, 15) is 4.79 Å². The topological polar surface area (TPSA) is 38.3 Å². The second kappa shape index (κ2) is 5.02. The van der Waals surface area contributed by atoms with Gasteiger partial charge in [0, 0.05) is 6.54 Å². The highest BCUT2D eigenvalue weighted by Gasteiger charge is 2.18. The maximum Gasteiger partial charge on any atom is 0.335 e. The van der Waals surface area contributed by atoms with Gasteiger partial charge in [-0.1, -0.05) is 12.5 Å². The normalized spacial score (nSPS) is 17.4. The molecule has 1 heterocycles. The maximum atomic E-state index is 11.4. The van der Waals surface area contributed by atoms with Crippen LogP contribution in [0.5, 0.6) is 0 Å². The molecule has 3 heteroatoms. The van der Waals surface area contributed by atoms with Crippen molar-refractivity contribution in [1.82, 2.24) is 5.32 Å². The van der Waals surface area contributed by atoms with Crippen molar-refractivity contribution in [2.75, 3.05) is 19.7 Å². The molecule has 0 aromatic carbocycles. The summed E-state index contributed by atoms with van der Waals surface area (Å²) < 4.78 is 4.98. The van der Waals surface area contributed by atoms with Crippen molar-refractivity contribution in [1.29, 1.82) is 0 Å². The Bertz CT molecular complexity index is 221. The first-order chi connectivity index (χ1) is 6.29. The predicted octanol–water partition coefficient (Wildman–Crippen LogP) is 1.25. The Balaban J connectivity index is 2.72. The lowest BCUT2D eigenvalue weighted by atomic mass is 9.99. The zero-order chi connectivity index (χ0) is 9.68. The summed E-state index contributed by atoms with van der Waals surface area (Å²) in [5.74, 6) is -0.147. The van der Waals surface area contributed by atoms with Gasteiger partial charge in [-0.3, -0.25) is 0 Å². The average molecular weight is 183 g/mol. The van der Waals surface area contributed by atoms with Crippen LogP contribution in [0, 0.1) is 0 Å². The van der Waals surface area contributed by atoms with Crippen molar-refractivity contribution in [2.24, 2.45) is 0 Å². The van der Waals surface area contributed by atoms with Gasteiger partial charge in [-0.05, 0) is 26.3 Å². The molecule has 74 valence electrons. The van der Waals surface area contributed by atoms with Crippen LogP contribution in [0.4, 0.5) is 0 Å². The monoisotopic (exact) mass is 183 g/mol. The van der Waals surface area contributed by atoms with E-state index in [1.807, 2.05) is 6.92 Å². The number of carbonyl (C=O) groups is 1. The van der Waals surface area contributed by atoms with Crippen molar-refractivity contribution in [3.05, 3.63) is 11.1 Å². The van der Waals surface area contributed by atoms with E-state index in [1.54, 1.807) is 0 Å². The summed E-state index contributed by atoms with van der Waals surface area (Å²) in [4.78, 5) is 11.4. The standard InChI is InChI=1S/C10H17NO2/c1-3-8-5-6-11-7-9(8)10(12)13-4-2/h11H,3-7H2,1-2H3. The van der Waals surface area contributed by atoms with Crippen LogP contribution in [0.1, 0.15) is 26.7 Å². The second-order valence-electron chi connectivity index (χ2n) is 3.08. The fraction of sp³-hybridized carbons (Fsp3) is 0.700. The lowest BCUT2D eigenvalue weighted by Crippen LogP contribution is -2.29. The number of esters is 1. The Kier molecular flexibility index (Phi) is 3.96. The molecule has 0 bridgehead atoms. The summed E-state index contributed by atoms with van der Waals surface area (Å²) in [5.41, 5.74) is 2.09. The maximum absolute atomic E-state index is 11.4. The molecule has 0 aromatic rings. The van der Waals surface area contributed by atoms with Crippen molar-refractivity contribution in [2.45, 2.75) is 26.7 Å². The van der Waals surface area contributed by atoms with Crippen LogP contribution in [0.15, 0.2) is 11.1 Å². The fourth-order valence-electron chi connectivity index (χ4n) is 1.55. The van der Waals surface area contributed by atoms with E-state index in [-0.39, 0.29) is 5.97 Å². The molecule has 0 spiro atoms. The number of nitrogens with one attached hydrogen (secondary N) is 1. The first-order valence-electron chi connectivity index (χ1n) is 4.88. The van der Waals surface area contributed by atoms with E-state index in [1.165, 1.54) is 5.57 Å². The molecule has 0 aliphatic carbocycles. The summed E-state index contributed by atoms with van der Waals surface area (Å²) in [7, 11) is 0. The molecule has 0 amide bonds. The summed E-state index contributed by atoms with van der Waals surface area (Å²) >= 11 is 0. The minimum absolute atomic E-state index is 0.147. The lowest BCUT2D eigenvalue weighted by molar-refractivity contribution is -0.138. The van der Waals surface area contributed by atoms with Crippen LogP contribution in [0.2, 0.25) is 0 Å². The van der Waals surface area contributed by atoms with E-state index >= 15 is 0 Å². The van der Waals surface area contributed by atoms with Gasteiger partial charge in [0.1, 0.15) is 0 Å². The fourth-order valence-corrected chi connectivity index (χ4v) is 1.55. The smallest absolute Gasteiger partial charge is 0.335 e. The third kappa shape index (κ3) is 2.56. The summed E-state index contributed by atoms with van der Waals surface area (Å²) in [6.45, 7) is 6.02.